The van der Waals surface area contributed by atoms with Crippen molar-refractivity contribution in [3.05, 3.63) is 23.8 Å². The minimum atomic E-state index is 0.503. The number of nitrogens with one attached hydrogen (secondary N) is 2. The molecule has 2 N–H and O–H groups in total. The number of nitrogens with zero attached hydrogens (tertiary/aromatic N) is 1. The summed E-state index contributed by atoms with van der Waals surface area (Å²) >= 11 is 5.04. The van der Waals surface area contributed by atoms with Crippen LogP contribution in [-0.4, -0.2) is 31.6 Å². The van der Waals surface area contributed by atoms with Crippen molar-refractivity contribution in [2.24, 2.45) is 5.10 Å². The summed E-state index contributed by atoms with van der Waals surface area (Å²) in [5.41, 5.74) is 3.66. The van der Waals surface area contributed by atoms with Crippen molar-refractivity contribution in [1.29, 1.82) is 0 Å². The van der Waals surface area contributed by atoms with Gasteiger partial charge in [0.05, 0.1) is 19.9 Å². The summed E-state index contributed by atoms with van der Waals surface area (Å²) < 4.78 is 11.2. The van der Waals surface area contributed by atoms with Crippen LogP contribution in [0.15, 0.2) is 23.3 Å². The molecule has 0 saturated carbocycles. The standard InChI is InChI=1S/C17H27N3O2S/c1-4-6-7-8-11-22-15-10-9-14(12-16(15)21-3)13-19-20-17(23)18-5-2/h9-10,12-13H,4-8,11H2,1-3H3,(H2,18,20,23)/b19-13+. The van der Waals surface area contributed by atoms with E-state index in [9.17, 15) is 0 Å². The number of unbranched alkanes of at least 4 members (excludes halogenated alkanes) is 3. The van der Waals surface area contributed by atoms with Gasteiger partial charge in [-0.2, -0.15) is 5.10 Å². The molecule has 1 aromatic carbocycles. The normalized spacial score (nSPS) is 10.6. The summed E-state index contributed by atoms with van der Waals surface area (Å²) in [6, 6.07) is 5.73. The Morgan fingerprint density at radius 1 is 1.22 bits per heavy atom. The highest BCUT2D eigenvalue weighted by Gasteiger charge is 2.05. The Hall–Kier alpha value is -1.82. The van der Waals surface area contributed by atoms with E-state index in [0.717, 1.165) is 24.3 Å². The number of thiocarbonyl (C=S) groups is 1. The fourth-order valence-electron chi connectivity index (χ4n) is 1.96. The lowest BCUT2D eigenvalue weighted by atomic mass is 10.2. The van der Waals surface area contributed by atoms with E-state index >= 15 is 0 Å². The average molecular weight is 337 g/mol. The molecule has 0 atom stereocenters. The van der Waals surface area contributed by atoms with Gasteiger partial charge in [0.15, 0.2) is 16.6 Å². The van der Waals surface area contributed by atoms with Gasteiger partial charge in [-0.15, -0.1) is 0 Å². The molecule has 0 heterocycles. The lowest BCUT2D eigenvalue weighted by Gasteiger charge is -2.11. The van der Waals surface area contributed by atoms with E-state index in [0.29, 0.717) is 17.5 Å². The highest BCUT2D eigenvalue weighted by Crippen LogP contribution is 2.27. The zero-order chi connectivity index (χ0) is 16.9. The molecule has 0 saturated heterocycles. The molecular formula is C17H27N3O2S. The Morgan fingerprint density at radius 3 is 2.74 bits per heavy atom. The summed E-state index contributed by atoms with van der Waals surface area (Å²) in [6.07, 6.45) is 6.42. The third-order valence-corrected chi connectivity index (χ3v) is 3.40. The van der Waals surface area contributed by atoms with E-state index < -0.39 is 0 Å². The molecule has 0 bridgehead atoms. The maximum atomic E-state index is 5.79. The average Bonchev–Trinajstić information content (AvgIpc) is 2.55. The molecule has 0 aliphatic rings. The highest BCUT2D eigenvalue weighted by atomic mass is 32.1. The van der Waals surface area contributed by atoms with Gasteiger partial charge < -0.3 is 14.8 Å². The minimum Gasteiger partial charge on any atom is -0.493 e. The Bertz CT molecular complexity index is 507. The first-order valence-corrected chi connectivity index (χ1v) is 8.49. The molecule has 0 aromatic heterocycles. The number of hydrogen-bond donors (Lipinski definition) is 2. The molecule has 1 aromatic rings. The van der Waals surface area contributed by atoms with Crippen molar-refractivity contribution in [2.75, 3.05) is 20.3 Å². The number of rotatable bonds is 10. The van der Waals surface area contributed by atoms with Gasteiger partial charge in [-0.3, -0.25) is 5.43 Å². The first kappa shape index (κ1) is 19.2. The molecule has 0 unspecified atom stereocenters. The zero-order valence-corrected chi connectivity index (χ0v) is 15.0. The molecule has 5 nitrogen and oxygen atoms in total. The van der Waals surface area contributed by atoms with Crippen molar-refractivity contribution in [3.63, 3.8) is 0 Å². The van der Waals surface area contributed by atoms with Gasteiger partial charge >= 0.3 is 0 Å². The van der Waals surface area contributed by atoms with Crippen LogP contribution < -0.4 is 20.2 Å². The zero-order valence-electron chi connectivity index (χ0n) is 14.2. The van der Waals surface area contributed by atoms with Crippen LogP contribution in [0.4, 0.5) is 0 Å². The van der Waals surface area contributed by atoms with Crippen LogP contribution in [0.25, 0.3) is 0 Å². The summed E-state index contributed by atoms with van der Waals surface area (Å²) in [6.45, 7) is 5.65. The molecule has 128 valence electrons. The van der Waals surface area contributed by atoms with Crippen LogP contribution in [-0.2, 0) is 0 Å². The topological polar surface area (TPSA) is 54.9 Å². The molecule has 0 amide bonds. The van der Waals surface area contributed by atoms with Crippen molar-refractivity contribution in [3.8, 4) is 11.5 Å². The van der Waals surface area contributed by atoms with Gasteiger partial charge in [-0.25, -0.2) is 0 Å². The Balaban J connectivity index is 2.54. The number of ether oxygens (including phenoxy) is 2. The van der Waals surface area contributed by atoms with Crippen LogP contribution in [0.3, 0.4) is 0 Å². The Labute approximate surface area is 144 Å². The molecule has 0 spiro atoms. The van der Waals surface area contributed by atoms with E-state index in [1.807, 2.05) is 25.1 Å². The first-order chi connectivity index (χ1) is 11.2. The largest absolute Gasteiger partial charge is 0.493 e. The molecule has 0 fully saturated rings. The molecule has 1 rings (SSSR count). The van der Waals surface area contributed by atoms with Gasteiger partial charge in [-0.1, -0.05) is 26.2 Å². The molecule has 0 radical (unpaired) electrons. The van der Waals surface area contributed by atoms with Gasteiger partial charge in [-0.05, 0) is 49.3 Å². The third-order valence-electron chi connectivity index (χ3n) is 3.16. The highest BCUT2D eigenvalue weighted by molar-refractivity contribution is 7.80. The number of hydrazone groups is 1. The second-order valence-electron chi connectivity index (χ2n) is 5.05. The van der Waals surface area contributed by atoms with Crippen LogP contribution >= 0.6 is 12.2 Å². The second-order valence-corrected chi connectivity index (χ2v) is 5.46. The number of benzene rings is 1. The summed E-state index contributed by atoms with van der Waals surface area (Å²) in [4.78, 5) is 0. The third kappa shape index (κ3) is 7.83. The SMILES string of the molecule is CCCCCCOc1ccc(/C=N/NC(=S)NCC)cc1OC. The molecule has 6 heteroatoms. The monoisotopic (exact) mass is 337 g/mol. The second kappa shape index (κ2) is 11.7. The summed E-state index contributed by atoms with van der Waals surface area (Å²) in [5, 5.41) is 7.55. The smallest absolute Gasteiger partial charge is 0.186 e. The molecule has 0 aliphatic carbocycles. The van der Waals surface area contributed by atoms with Crippen molar-refractivity contribution in [1.82, 2.24) is 10.7 Å². The maximum absolute atomic E-state index is 5.79. The Kier molecular flexibility index (Phi) is 9.79. The van der Waals surface area contributed by atoms with Crippen LogP contribution in [0.1, 0.15) is 45.1 Å². The van der Waals surface area contributed by atoms with E-state index in [4.69, 9.17) is 21.7 Å². The van der Waals surface area contributed by atoms with E-state index in [-0.39, 0.29) is 0 Å². The number of methoxy groups -OCH3 is 1. The Morgan fingerprint density at radius 2 is 2.04 bits per heavy atom. The fourth-order valence-corrected chi connectivity index (χ4v) is 2.16. The lowest BCUT2D eigenvalue weighted by molar-refractivity contribution is 0.285. The quantitative estimate of drug-likeness (QED) is 0.296. The first-order valence-electron chi connectivity index (χ1n) is 8.09. The van der Waals surface area contributed by atoms with Gasteiger partial charge in [0.2, 0.25) is 0 Å². The summed E-state index contributed by atoms with van der Waals surface area (Å²) in [7, 11) is 1.64. The molecule has 0 aliphatic heterocycles. The van der Waals surface area contributed by atoms with Crippen molar-refractivity contribution in [2.45, 2.75) is 39.5 Å². The van der Waals surface area contributed by atoms with E-state index in [2.05, 4.69) is 22.8 Å². The minimum absolute atomic E-state index is 0.503. The summed E-state index contributed by atoms with van der Waals surface area (Å²) in [5.74, 6) is 1.47. The van der Waals surface area contributed by atoms with Crippen molar-refractivity contribution < 1.29 is 9.47 Å². The van der Waals surface area contributed by atoms with E-state index in [1.165, 1.54) is 19.3 Å². The maximum Gasteiger partial charge on any atom is 0.186 e. The predicted octanol–water partition coefficient (Wildman–Crippen LogP) is 3.47. The molecular weight excluding hydrogens is 310 g/mol. The van der Waals surface area contributed by atoms with Gasteiger partial charge in [0.1, 0.15) is 0 Å². The van der Waals surface area contributed by atoms with Crippen LogP contribution in [0.2, 0.25) is 0 Å². The van der Waals surface area contributed by atoms with Crippen LogP contribution in [0.5, 0.6) is 11.5 Å². The van der Waals surface area contributed by atoms with E-state index in [1.54, 1.807) is 13.3 Å². The van der Waals surface area contributed by atoms with Crippen molar-refractivity contribution >= 4 is 23.5 Å². The number of hydrogen-bond acceptors (Lipinski definition) is 4. The van der Waals surface area contributed by atoms with Gasteiger partial charge in [0, 0.05) is 6.54 Å². The fraction of sp³-hybridized carbons (Fsp3) is 0.529. The van der Waals surface area contributed by atoms with Gasteiger partial charge in [0.25, 0.3) is 0 Å². The van der Waals surface area contributed by atoms with Crippen LogP contribution in [0, 0.1) is 0 Å². The molecule has 23 heavy (non-hydrogen) atoms. The lowest BCUT2D eigenvalue weighted by Crippen LogP contribution is -2.31. The predicted molar refractivity (Wildman–Crippen MR) is 99.6 cm³/mol.